The summed E-state index contributed by atoms with van der Waals surface area (Å²) in [4.78, 5) is 12.9. The third-order valence-corrected chi connectivity index (χ3v) is 4.08. The van der Waals surface area contributed by atoms with E-state index in [2.05, 4.69) is 21.2 Å². The number of hydrogen-bond donors (Lipinski definition) is 1. The predicted molar refractivity (Wildman–Crippen MR) is 68.0 cm³/mol. The number of morpholine rings is 1. The number of carbonyl (C=O) groups excluding carboxylic acids is 1. The molecule has 1 aliphatic rings. The molecule has 16 heavy (non-hydrogen) atoms. The molecule has 5 heteroatoms. The minimum absolute atomic E-state index is 0.0599. The average Bonchev–Trinajstić information content (AvgIpc) is 2.65. The molecular formula is C11H14BrNO2S. The Balaban J connectivity index is 1.79. The van der Waals surface area contributed by atoms with E-state index in [1.54, 1.807) is 11.3 Å². The lowest BCUT2D eigenvalue weighted by Crippen LogP contribution is -2.39. The average molecular weight is 304 g/mol. The number of thiophene rings is 1. The van der Waals surface area contributed by atoms with E-state index in [1.165, 1.54) is 0 Å². The molecule has 1 fully saturated rings. The fourth-order valence-electron chi connectivity index (χ4n) is 1.72. The zero-order valence-corrected chi connectivity index (χ0v) is 11.3. The van der Waals surface area contributed by atoms with Gasteiger partial charge in [-0.15, -0.1) is 11.3 Å². The molecule has 0 radical (unpaired) electrons. The number of ether oxygens (including phenoxy) is 1. The Bertz CT molecular complexity index is 361. The van der Waals surface area contributed by atoms with Crippen molar-refractivity contribution in [1.29, 1.82) is 0 Å². The summed E-state index contributed by atoms with van der Waals surface area (Å²) in [5.41, 5.74) is 0. The Labute approximate surface area is 107 Å². The maximum Gasteiger partial charge on any atom is 0.140 e. The van der Waals surface area contributed by atoms with Crippen molar-refractivity contribution >= 4 is 33.0 Å². The number of hydrogen-bond acceptors (Lipinski definition) is 4. The van der Waals surface area contributed by atoms with Gasteiger partial charge in [-0.1, -0.05) is 0 Å². The van der Waals surface area contributed by atoms with Crippen molar-refractivity contribution in [1.82, 2.24) is 5.32 Å². The maximum atomic E-state index is 11.8. The second kappa shape index (κ2) is 5.91. The van der Waals surface area contributed by atoms with Crippen LogP contribution in [0.1, 0.15) is 11.3 Å². The van der Waals surface area contributed by atoms with E-state index in [0.29, 0.717) is 19.4 Å². The lowest BCUT2D eigenvalue weighted by Gasteiger charge is -2.22. The van der Waals surface area contributed by atoms with Crippen LogP contribution in [0.5, 0.6) is 0 Å². The first-order valence-electron chi connectivity index (χ1n) is 5.32. The van der Waals surface area contributed by atoms with Crippen LogP contribution in [0.15, 0.2) is 15.9 Å². The largest absolute Gasteiger partial charge is 0.375 e. The molecule has 0 bridgehead atoms. The molecule has 1 unspecified atom stereocenters. The predicted octanol–water partition coefficient (Wildman–Crippen LogP) is 2.00. The number of rotatable bonds is 4. The Morgan fingerprint density at radius 2 is 2.50 bits per heavy atom. The van der Waals surface area contributed by atoms with Crippen molar-refractivity contribution in [2.24, 2.45) is 0 Å². The van der Waals surface area contributed by atoms with Gasteiger partial charge in [-0.3, -0.25) is 4.79 Å². The van der Waals surface area contributed by atoms with E-state index in [4.69, 9.17) is 4.74 Å². The van der Waals surface area contributed by atoms with Gasteiger partial charge in [0.1, 0.15) is 5.78 Å². The summed E-state index contributed by atoms with van der Waals surface area (Å²) >= 11 is 5.01. The molecule has 1 aromatic heterocycles. The molecule has 1 atom stereocenters. The number of nitrogens with one attached hydrogen (secondary N) is 1. The molecule has 0 aliphatic carbocycles. The highest BCUT2D eigenvalue weighted by molar-refractivity contribution is 9.11. The second-order valence-corrected chi connectivity index (χ2v) is 6.37. The fourth-order valence-corrected chi connectivity index (χ4v) is 3.23. The molecular weight excluding hydrogens is 290 g/mol. The first kappa shape index (κ1) is 12.2. The van der Waals surface area contributed by atoms with Gasteiger partial charge in [-0.05, 0) is 28.1 Å². The summed E-state index contributed by atoms with van der Waals surface area (Å²) < 4.78 is 6.58. The monoisotopic (exact) mass is 303 g/mol. The van der Waals surface area contributed by atoms with Crippen LogP contribution in [0, 0.1) is 0 Å². The van der Waals surface area contributed by atoms with Crippen LogP contribution in [0.2, 0.25) is 0 Å². The summed E-state index contributed by atoms with van der Waals surface area (Å²) in [6.07, 6.45) is 1.10. The highest BCUT2D eigenvalue weighted by Crippen LogP contribution is 2.23. The van der Waals surface area contributed by atoms with Crippen molar-refractivity contribution in [3.8, 4) is 0 Å². The summed E-state index contributed by atoms with van der Waals surface area (Å²) in [6.45, 7) is 2.39. The van der Waals surface area contributed by atoms with Crippen LogP contribution in [0.4, 0.5) is 0 Å². The first-order chi connectivity index (χ1) is 7.74. The van der Waals surface area contributed by atoms with E-state index >= 15 is 0 Å². The van der Waals surface area contributed by atoms with Crippen LogP contribution >= 0.6 is 27.3 Å². The molecule has 88 valence electrons. The molecule has 0 spiro atoms. The lowest BCUT2D eigenvalue weighted by molar-refractivity contribution is -0.121. The smallest absolute Gasteiger partial charge is 0.140 e. The number of halogens is 1. The van der Waals surface area contributed by atoms with Gasteiger partial charge in [0, 0.05) is 30.8 Å². The minimum atomic E-state index is 0.0599. The van der Waals surface area contributed by atoms with E-state index < -0.39 is 0 Å². The van der Waals surface area contributed by atoms with E-state index in [1.807, 2.05) is 12.1 Å². The van der Waals surface area contributed by atoms with Crippen molar-refractivity contribution < 1.29 is 9.53 Å². The molecule has 1 saturated heterocycles. The van der Waals surface area contributed by atoms with Gasteiger partial charge in [0.15, 0.2) is 0 Å². The van der Waals surface area contributed by atoms with Crippen LogP contribution in [-0.2, 0) is 16.0 Å². The molecule has 0 amide bonds. The number of ketones is 1. The molecule has 1 aromatic rings. The Morgan fingerprint density at radius 1 is 1.62 bits per heavy atom. The fraction of sp³-hybridized carbons (Fsp3) is 0.545. The standard InChI is InChI=1S/C11H14BrNO2S/c12-11-2-1-10(16-11)6-8(14)5-9-7-13-3-4-15-9/h1-2,9,13H,3-7H2. The van der Waals surface area contributed by atoms with Crippen LogP contribution in [0.25, 0.3) is 0 Å². The second-order valence-electron chi connectivity index (χ2n) is 3.82. The van der Waals surface area contributed by atoms with Crippen LogP contribution in [-0.4, -0.2) is 31.6 Å². The highest BCUT2D eigenvalue weighted by Gasteiger charge is 2.17. The lowest BCUT2D eigenvalue weighted by atomic mass is 10.1. The maximum absolute atomic E-state index is 11.8. The minimum Gasteiger partial charge on any atom is -0.375 e. The van der Waals surface area contributed by atoms with Gasteiger partial charge in [-0.25, -0.2) is 0 Å². The first-order valence-corrected chi connectivity index (χ1v) is 6.93. The molecule has 2 heterocycles. The Morgan fingerprint density at radius 3 is 3.12 bits per heavy atom. The van der Waals surface area contributed by atoms with Crippen molar-refractivity contribution in [3.05, 3.63) is 20.8 Å². The normalized spacial score (nSPS) is 20.9. The summed E-state index contributed by atoms with van der Waals surface area (Å²) in [7, 11) is 0. The molecule has 0 saturated carbocycles. The topological polar surface area (TPSA) is 38.3 Å². The van der Waals surface area contributed by atoms with E-state index in [-0.39, 0.29) is 11.9 Å². The van der Waals surface area contributed by atoms with Crippen molar-refractivity contribution in [2.75, 3.05) is 19.7 Å². The third-order valence-electron chi connectivity index (χ3n) is 2.46. The third kappa shape index (κ3) is 3.66. The SMILES string of the molecule is O=C(Cc1ccc(Br)s1)CC1CNCCO1. The van der Waals surface area contributed by atoms with Crippen LogP contribution < -0.4 is 5.32 Å². The van der Waals surface area contributed by atoms with Gasteiger partial charge in [-0.2, -0.15) is 0 Å². The molecule has 1 N–H and O–H groups in total. The van der Waals surface area contributed by atoms with E-state index in [0.717, 1.165) is 21.8 Å². The zero-order valence-electron chi connectivity index (χ0n) is 8.87. The van der Waals surface area contributed by atoms with Crippen molar-refractivity contribution in [2.45, 2.75) is 18.9 Å². The summed E-state index contributed by atoms with van der Waals surface area (Å²) in [5, 5.41) is 3.23. The van der Waals surface area contributed by atoms with Gasteiger partial charge in [0.2, 0.25) is 0 Å². The van der Waals surface area contributed by atoms with Crippen molar-refractivity contribution in [3.63, 3.8) is 0 Å². The summed E-state index contributed by atoms with van der Waals surface area (Å²) in [5.74, 6) is 0.253. The quantitative estimate of drug-likeness (QED) is 0.924. The molecule has 0 aromatic carbocycles. The molecule has 2 rings (SSSR count). The van der Waals surface area contributed by atoms with Gasteiger partial charge in [0.25, 0.3) is 0 Å². The number of carbonyl (C=O) groups is 1. The van der Waals surface area contributed by atoms with Gasteiger partial charge in [0.05, 0.1) is 16.5 Å². The zero-order chi connectivity index (χ0) is 11.4. The number of Topliss-reactive ketones (excluding diaryl/α,β-unsaturated/α-hetero) is 1. The molecule has 3 nitrogen and oxygen atoms in total. The Kier molecular flexibility index (Phi) is 4.52. The Hall–Kier alpha value is -0.230. The van der Waals surface area contributed by atoms with Crippen LogP contribution in [0.3, 0.4) is 0 Å². The summed E-state index contributed by atoms with van der Waals surface area (Å²) in [6, 6.07) is 3.97. The van der Waals surface area contributed by atoms with E-state index in [9.17, 15) is 4.79 Å². The van der Waals surface area contributed by atoms with Gasteiger partial charge < -0.3 is 10.1 Å². The van der Waals surface area contributed by atoms with Gasteiger partial charge >= 0.3 is 0 Å². The molecule has 1 aliphatic heterocycles. The highest BCUT2D eigenvalue weighted by atomic mass is 79.9.